The number of halogens is 2. The van der Waals surface area contributed by atoms with Gasteiger partial charge in [-0.2, -0.15) is 0 Å². The van der Waals surface area contributed by atoms with Crippen molar-refractivity contribution in [3.05, 3.63) is 76.8 Å². The number of piperidine rings is 1. The number of methoxy groups -OCH3 is 3. The molecule has 0 atom stereocenters. The van der Waals surface area contributed by atoms with Crippen LogP contribution in [0.1, 0.15) is 44.7 Å². The van der Waals surface area contributed by atoms with E-state index in [1.807, 2.05) is 49.9 Å². The lowest BCUT2D eigenvalue weighted by molar-refractivity contribution is 0.0184. The molecule has 9 nitrogen and oxygen atoms in total. The molecule has 2 heterocycles. The third-order valence-corrected chi connectivity index (χ3v) is 8.34. The number of nitrogens with zero attached hydrogens (tertiary/aromatic N) is 4. The van der Waals surface area contributed by atoms with Gasteiger partial charge in [0.05, 0.1) is 31.9 Å². The fourth-order valence-corrected chi connectivity index (χ4v) is 5.91. The Morgan fingerprint density at radius 1 is 0.957 bits per heavy atom. The number of carbonyl (C=O) groups is 1. The number of likely N-dealkylation sites (tertiary alicyclic amines) is 1. The van der Waals surface area contributed by atoms with Crippen molar-refractivity contribution in [1.82, 2.24) is 14.9 Å². The monoisotopic (exact) mass is 650 g/mol. The summed E-state index contributed by atoms with van der Waals surface area (Å²) in [6.45, 7) is 7.27. The summed E-state index contributed by atoms with van der Waals surface area (Å²) in [5.41, 5.74) is 2.77. The van der Waals surface area contributed by atoms with E-state index in [2.05, 4.69) is 11.1 Å². The van der Waals surface area contributed by atoms with Crippen LogP contribution in [0.4, 0.5) is 20.7 Å². The lowest BCUT2D eigenvalue weighted by Gasteiger charge is -2.33. The lowest BCUT2D eigenvalue weighted by Crippen LogP contribution is -2.42. The number of aromatic nitrogens is 2. The zero-order chi connectivity index (χ0) is 33.0. The Morgan fingerprint density at radius 2 is 1.67 bits per heavy atom. The molecule has 0 aliphatic carbocycles. The topological polar surface area (TPSA) is 86.3 Å². The second kappa shape index (κ2) is 14.0. The van der Waals surface area contributed by atoms with Gasteiger partial charge in [0, 0.05) is 36.8 Å². The van der Waals surface area contributed by atoms with Gasteiger partial charge >= 0.3 is 6.09 Å². The maximum absolute atomic E-state index is 14.3. The number of carbonyl (C=O) groups excluding carboxylic acids is 1. The summed E-state index contributed by atoms with van der Waals surface area (Å²) < 4.78 is 36.7. The number of hydrogen-bond donors (Lipinski definition) is 0. The largest absolute Gasteiger partial charge is 0.496 e. The van der Waals surface area contributed by atoms with Crippen LogP contribution in [-0.4, -0.2) is 61.0 Å². The number of benzene rings is 3. The van der Waals surface area contributed by atoms with Gasteiger partial charge in [-0.05, 0) is 93.5 Å². The van der Waals surface area contributed by atoms with Crippen LogP contribution < -0.4 is 19.1 Å². The van der Waals surface area contributed by atoms with Gasteiger partial charge in [0.25, 0.3) is 0 Å². The summed E-state index contributed by atoms with van der Waals surface area (Å²) in [7, 11) is 4.84. The molecule has 5 rings (SSSR count). The maximum Gasteiger partial charge on any atom is 0.410 e. The van der Waals surface area contributed by atoms with Crippen LogP contribution in [0, 0.1) is 11.7 Å². The molecule has 1 aliphatic heterocycles. The van der Waals surface area contributed by atoms with Crippen molar-refractivity contribution in [1.29, 1.82) is 0 Å². The number of rotatable bonds is 9. The van der Waals surface area contributed by atoms with Crippen molar-refractivity contribution >= 4 is 40.1 Å². The summed E-state index contributed by atoms with van der Waals surface area (Å²) in [5, 5.41) is 0.818. The van der Waals surface area contributed by atoms with Crippen LogP contribution in [0.2, 0.25) is 5.02 Å². The normalized spacial score (nSPS) is 13.9. The molecule has 0 radical (unpaired) electrons. The van der Waals surface area contributed by atoms with Gasteiger partial charge in [-0.25, -0.2) is 19.2 Å². The van der Waals surface area contributed by atoms with Crippen LogP contribution in [0.25, 0.3) is 10.9 Å². The molecule has 0 N–H and O–H groups in total. The van der Waals surface area contributed by atoms with Gasteiger partial charge < -0.3 is 28.7 Å². The van der Waals surface area contributed by atoms with Gasteiger partial charge in [0.2, 0.25) is 0 Å². The lowest BCUT2D eigenvalue weighted by atomic mass is 9.89. The highest BCUT2D eigenvalue weighted by Gasteiger charge is 2.28. The third-order valence-electron chi connectivity index (χ3n) is 8.05. The van der Waals surface area contributed by atoms with Crippen molar-refractivity contribution in [2.45, 2.75) is 52.2 Å². The van der Waals surface area contributed by atoms with Crippen LogP contribution in [-0.2, 0) is 17.7 Å². The van der Waals surface area contributed by atoms with E-state index < -0.39 is 11.4 Å². The zero-order valence-electron chi connectivity index (χ0n) is 27.1. The molecular formula is C35H40ClFN4O5. The summed E-state index contributed by atoms with van der Waals surface area (Å²) in [6.07, 6.45) is 3.69. The molecule has 1 aliphatic rings. The average molecular weight is 651 g/mol. The molecule has 1 saturated heterocycles. The first-order valence-electron chi connectivity index (χ1n) is 15.2. The SMILES string of the molecule is COc1cc2ncnc(N(Cc3ccc(OC)c(OC)c3)c3ccc(F)c(Cl)c3)c2cc1CC1CCN(C(=O)OC(C)(C)C)CC1. The summed E-state index contributed by atoms with van der Waals surface area (Å²) in [5.74, 6) is 2.41. The van der Waals surface area contributed by atoms with Gasteiger partial charge in [-0.1, -0.05) is 17.7 Å². The Labute approximate surface area is 274 Å². The number of hydrogen-bond acceptors (Lipinski definition) is 8. The molecule has 0 spiro atoms. The van der Waals surface area contributed by atoms with E-state index in [1.54, 1.807) is 38.4 Å². The number of ether oxygens (including phenoxy) is 4. The first kappa shape index (κ1) is 33.1. The van der Waals surface area contributed by atoms with E-state index in [0.717, 1.165) is 41.5 Å². The second-order valence-electron chi connectivity index (χ2n) is 12.4. The molecule has 11 heteroatoms. The van der Waals surface area contributed by atoms with Crippen molar-refractivity contribution in [3.8, 4) is 17.2 Å². The predicted molar refractivity (Wildman–Crippen MR) is 177 cm³/mol. The molecule has 0 saturated carbocycles. The molecule has 0 unspecified atom stereocenters. The summed E-state index contributed by atoms with van der Waals surface area (Å²) in [4.78, 5) is 25.7. The van der Waals surface area contributed by atoms with Crippen molar-refractivity contribution in [2.75, 3.05) is 39.3 Å². The van der Waals surface area contributed by atoms with E-state index in [-0.39, 0.29) is 11.1 Å². The minimum absolute atomic E-state index is 0.00764. The van der Waals surface area contributed by atoms with Gasteiger partial charge in [-0.3, -0.25) is 0 Å². The third kappa shape index (κ3) is 7.55. The highest BCUT2D eigenvalue weighted by atomic mass is 35.5. The summed E-state index contributed by atoms with van der Waals surface area (Å²) in [6, 6.07) is 14.3. The fraction of sp³-hybridized carbons (Fsp3) is 0.400. The Kier molecular flexibility index (Phi) is 10.1. The average Bonchev–Trinajstić information content (AvgIpc) is 3.04. The molecule has 1 amide bonds. The number of anilines is 2. The minimum Gasteiger partial charge on any atom is -0.496 e. The second-order valence-corrected chi connectivity index (χ2v) is 12.8. The molecule has 1 fully saturated rings. The molecule has 0 bridgehead atoms. The maximum atomic E-state index is 14.3. The minimum atomic E-state index is -0.529. The van der Waals surface area contributed by atoms with E-state index in [4.69, 9.17) is 35.5 Å². The molecule has 4 aromatic rings. The molecule has 3 aromatic carbocycles. The van der Waals surface area contributed by atoms with Crippen LogP contribution in [0.3, 0.4) is 0 Å². The highest BCUT2D eigenvalue weighted by molar-refractivity contribution is 6.31. The van der Waals surface area contributed by atoms with E-state index in [0.29, 0.717) is 54.1 Å². The predicted octanol–water partition coefficient (Wildman–Crippen LogP) is 7.98. The summed E-state index contributed by atoms with van der Waals surface area (Å²) >= 11 is 6.27. The Hall–Kier alpha value is -4.31. The van der Waals surface area contributed by atoms with Gasteiger partial charge in [0.1, 0.15) is 29.3 Å². The van der Waals surface area contributed by atoms with Crippen molar-refractivity contribution in [3.63, 3.8) is 0 Å². The van der Waals surface area contributed by atoms with Gasteiger partial charge in [-0.15, -0.1) is 0 Å². The van der Waals surface area contributed by atoms with Crippen LogP contribution in [0.5, 0.6) is 17.2 Å². The Bertz CT molecular complexity index is 1700. The van der Waals surface area contributed by atoms with Crippen molar-refractivity contribution in [2.24, 2.45) is 5.92 Å². The standard InChI is InChI=1S/C35H40ClFN4O5/c1-35(2,3)46-34(42)40-13-11-22(12-14-40)15-24-17-26-29(19-31(24)44-5)38-21-39-33(26)41(25-8-9-28(37)27(36)18-25)20-23-7-10-30(43-4)32(16-23)45-6/h7-10,16-19,21-22H,11-15,20H2,1-6H3. The van der Waals surface area contributed by atoms with Crippen LogP contribution >= 0.6 is 11.6 Å². The molecule has 244 valence electrons. The van der Waals surface area contributed by atoms with E-state index in [1.165, 1.54) is 12.4 Å². The fourth-order valence-electron chi connectivity index (χ4n) is 5.74. The molecular weight excluding hydrogens is 611 g/mol. The highest BCUT2D eigenvalue weighted by Crippen LogP contribution is 2.38. The first-order chi connectivity index (χ1) is 22.0. The zero-order valence-corrected chi connectivity index (χ0v) is 27.9. The van der Waals surface area contributed by atoms with E-state index >= 15 is 0 Å². The van der Waals surface area contributed by atoms with Crippen molar-refractivity contribution < 1.29 is 28.1 Å². The van der Waals surface area contributed by atoms with Crippen LogP contribution in [0.15, 0.2) is 54.9 Å². The number of amides is 1. The Balaban J connectivity index is 1.49. The molecule has 46 heavy (non-hydrogen) atoms. The first-order valence-corrected chi connectivity index (χ1v) is 15.6. The quantitative estimate of drug-likeness (QED) is 0.180. The number of fused-ring (bicyclic) bond motifs is 1. The molecule has 1 aromatic heterocycles. The Morgan fingerprint density at radius 3 is 2.33 bits per heavy atom. The van der Waals surface area contributed by atoms with Gasteiger partial charge in [0.15, 0.2) is 11.5 Å². The smallest absolute Gasteiger partial charge is 0.410 e. The van der Waals surface area contributed by atoms with E-state index in [9.17, 15) is 9.18 Å².